The maximum absolute atomic E-state index is 12.1. The third kappa shape index (κ3) is 14.5. The molecule has 31 heavy (non-hydrogen) atoms. The molecule has 0 N–H and O–H groups in total. The van der Waals surface area contributed by atoms with Gasteiger partial charge in [0, 0.05) is 12.8 Å². The maximum atomic E-state index is 12.1. The minimum Gasteiger partial charge on any atom is -0.590 e. The SMILES string of the molecule is CCCCCCCCCCCC/C=C\CCCCCCC(CCC)([P+](=O)[O-])[N+](C)(C)C. The number of hydrogen-bond acceptors (Lipinski definition) is 2. The minimum absolute atomic E-state index is 0.515. The molecule has 0 aliphatic rings. The molecule has 0 saturated heterocycles. The summed E-state index contributed by atoms with van der Waals surface area (Å²) in [6, 6.07) is 0. The second-order valence-corrected chi connectivity index (χ2v) is 11.7. The predicted octanol–water partition coefficient (Wildman–Crippen LogP) is 8.50. The normalized spacial score (nSPS) is 14.8. The van der Waals surface area contributed by atoms with Gasteiger partial charge in [0.15, 0.2) is 0 Å². The summed E-state index contributed by atoms with van der Waals surface area (Å²) >= 11 is 0. The molecule has 0 aromatic carbocycles. The smallest absolute Gasteiger partial charge is 0.376 e. The van der Waals surface area contributed by atoms with Gasteiger partial charge in [-0.15, -0.1) is 0 Å². The van der Waals surface area contributed by atoms with E-state index in [0.717, 1.165) is 32.1 Å². The van der Waals surface area contributed by atoms with Crippen LogP contribution in [-0.2, 0) is 4.57 Å². The van der Waals surface area contributed by atoms with E-state index < -0.39 is 13.3 Å². The van der Waals surface area contributed by atoms with Crippen molar-refractivity contribution in [1.82, 2.24) is 0 Å². The monoisotopic (exact) mass is 456 g/mol. The molecule has 0 saturated carbocycles. The van der Waals surface area contributed by atoms with Crippen LogP contribution in [0.1, 0.15) is 136 Å². The summed E-state index contributed by atoms with van der Waals surface area (Å²) in [6.07, 6.45) is 28.2. The summed E-state index contributed by atoms with van der Waals surface area (Å²) in [7, 11) is 3.66. The van der Waals surface area contributed by atoms with Crippen molar-refractivity contribution in [2.45, 2.75) is 141 Å². The van der Waals surface area contributed by atoms with Crippen molar-refractivity contribution >= 4 is 8.03 Å². The predicted molar refractivity (Wildman–Crippen MR) is 137 cm³/mol. The molecule has 184 valence electrons. The molecule has 0 amide bonds. The summed E-state index contributed by atoms with van der Waals surface area (Å²) in [5.41, 5.74) is 0. The van der Waals surface area contributed by atoms with Gasteiger partial charge in [0.1, 0.15) is 0 Å². The Hall–Kier alpha value is -0.240. The number of quaternary nitrogens is 1. The van der Waals surface area contributed by atoms with Crippen LogP contribution in [0.25, 0.3) is 0 Å². The number of allylic oxidation sites excluding steroid dienone is 2. The van der Waals surface area contributed by atoms with E-state index in [1.165, 1.54) is 89.9 Å². The number of hydrogen-bond donors (Lipinski definition) is 0. The van der Waals surface area contributed by atoms with Gasteiger partial charge in [-0.1, -0.05) is 101 Å². The van der Waals surface area contributed by atoms with E-state index >= 15 is 0 Å². The molecule has 2 unspecified atom stereocenters. The van der Waals surface area contributed by atoms with Gasteiger partial charge >= 0.3 is 8.03 Å². The van der Waals surface area contributed by atoms with Crippen LogP contribution in [0.3, 0.4) is 0 Å². The molecule has 2 atom stereocenters. The quantitative estimate of drug-likeness (QED) is 0.0709. The highest BCUT2D eigenvalue weighted by molar-refractivity contribution is 7.38. The van der Waals surface area contributed by atoms with Gasteiger partial charge in [-0.3, -0.25) is 4.48 Å². The molecule has 0 heterocycles. The first kappa shape index (κ1) is 30.8. The highest BCUT2D eigenvalue weighted by Crippen LogP contribution is 2.45. The Morgan fingerprint density at radius 3 is 1.45 bits per heavy atom. The Morgan fingerprint density at radius 2 is 1.06 bits per heavy atom. The van der Waals surface area contributed by atoms with Crippen molar-refractivity contribution in [1.29, 1.82) is 0 Å². The second-order valence-electron chi connectivity index (χ2n) is 10.4. The van der Waals surface area contributed by atoms with E-state index in [1.807, 2.05) is 21.1 Å². The van der Waals surface area contributed by atoms with E-state index in [0.29, 0.717) is 4.48 Å². The van der Waals surface area contributed by atoms with Crippen LogP contribution in [0.2, 0.25) is 0 Å². The molecule has 4 heteroatoms. The van der Waals surface area contributed by atoms with Gasteiger partial charge in [-0.05, 0) is 38.5 Å². The number of unbranched alkanes of at least 4 members (excludes halogenated alkanes) is 14. The fourth-order valence-corrected chi connectivity index (χ4v) is 5.87. The fourth-order valence-electron chi connectivity index (χ4n) is 4.63. The van der Waals surface area contributed by atoms with Crippen LogP contribution in [0, 0.1) is 0 Å². The fraction of sp³-hybridized carbons (Fsp3) is 0.926. The van der Waals surface area contributed by atoms with E-state index in [9.17, 15) is 9.46 Å². The Bertz CT molecular complexity index is 459. The summed E-state index contributed by atoms with van der Waals surface area (Å²) in [6.45, 7) is 4.37. The van der Waals surface area contributed by atoms with Gasteiger partial charge in [0.25, 0.3) is 5.28 Å². The van der Waals surface area contributed by atoms with Crippen LogP contribution >= 0.6 is 8.03 Å². The van der Waals surface area contributed by atoms with Gasteiger partial charge in [-0.2, -0.15) is 0 Å². The van der Waals surface area contributed by atoms with Crippen LogP contribution in [0.4, 0.5) is 0 Å². The van der Waals surface area contributed by atoms with Gasteiger partial charge in [0.2, 0.25) is 0 Å². The van der Waals surface area contributed by atoms with Crippen molar-refractivity contribution in [2.75, 3.05) is 21.1 Å². The van der Waals surface area contributed by atoms with E-state index in [4.69, 9.17) is 0 Å². The minimum atomic E-state index is -2.43. The lowest BCUT2D eigenvalue weighted by Gasteiger charge is -2.39. The first-order valence-electron chi connectivity index (χ1n) is 13.4. The molecule has 0 bridgehead atoms. The maximum Gasteiger partial charge on any atom is 0.376 e. The Morgan fingerprint density at radius 1 is 0.645 bits per heavy atom. The largest absolute Gasteiger partial charge is 0.590 e. The zero-order valence-corrected chi connectivity index (χ0v) is 22.7. The third-order valence-electron chi connectivity index (χ3n) is 6.83. The molecule has 0 aromatic rings. The summed E-state index contributed by atoms with van der Waals surface area (Å²) in [4.78, 5) is 12.1. The summed E-state index contributed by atoms with van der Waals surface area (Å²) < 4.78 is 12.6. The van der Waals surface area contributed by atoms with Crippen LogP contribution in [0.15, 0.2) is 12.2 Å². The molecule has 0 radical (unpaired) electrons. The molecular formula is C27H55NO2P+. The lowest BCUT2D eigenvalue weighted by Crippen LogP contribution is -2.55. The zero-order chi connectivity index (χ0) is 23.4. The van der Waals surface area contributed by atoms with Crippen molar-refractivity contribution in [3.8, 4) is 0 Å². The highest BCUT2D eigenvalue weighted by Gasteiger charge is 2.53. The van der Waals surface area contributed by atoms with Gasteiger partial charge < -0.3 is 4.89 Å². The molecule has 3 nitrogen and oxygen atoms in total. The first-order valence-corrected chi connectivity index (χ1v) is 14.6. The van der Waals surface area contributed by atoms with Crippen molar-refractivity contribution < 1.29 is 13.9 Å². The van der Waals surface area contributed by atoms with Crippen LogP contribution in [0.5, 0.6) is 0 Å². The number of rotatable bonds is 22. The average molecular weight is 457 g/mol. The average Bonchev–Trinajstić information content (AvgIpc) is 2.71. The molecule has 0 aliphatic heterocycles. The third-order valence-corrected chi connectivity index (χ3v) is 8.55. The van der Waals surface area contributed by atoms with Crippen LogP contribution < -0.4 is 4.89 Å². The lowest BCUT2D eigenvalue weighted by atomic mass is 9.99. The van der Waals surface area contributed by atoms with E-state index in [2.05, 4.69) is 26.0 Å². The second kappa shape index (κ2) is 19.2. The Labute approximate surface area is 196 Å². The number of nitrogens with zero attached hydrogens (tertiary/aromatic N) is 1. The van der Waals surface area contributed by atoms with E-state index in [1.54, 1.807) is 0 Å². The molecular weight excluding hydrogens is 401 g/mol. The van der Waals surface area contributed by atoms with Crippen molar-refractivity contribution in [3.63, 3.8) is 0 Å². The van der Waals surface area contributed by atoms with Gasteiger partial charge in [-0.25, -0.2) is 0 Å². The first-order chi connectivity index (χ1) is 14.8. The summed E-state index contributed by atoms with van der Waals surface area (Å²) in [5.74, 6) is 0. The molecule has 0 fully saturated rings. The summed E-state index contributed by atoms with van der Waals surface area (Å²) in [5, 5.41) is -0.598. The van der Waals surface area contributed by atoms with Crippen molar-refractivity contribution in [3.05, 3.63) is 12.2 Å². The standard InChI is InChI=1S/C27H55NO2P/c1-6-8-9-10-11-12-13-14-15-16-17-18-19-20-21-22-23-24-26-27(25-7-2,31(29)30)28(3,4)5/h18-19H,6-17,20-26H2,1-5H3/q+1/b19-18-. The van der Waals surface area contributed by atoms with Crippen LogP contribution in [-0.4, -0.2) is 30.9 Å². The highest BCUT2D eigenvalue weighted by atomic mass is 31.1. The Balaban J connectivity index is 3.69. The molecule has 0 aromatic heterocycles. The van der Waals surface area contributed by atoms with E-state index in [-0.39, 0.29) is 0 Å². The molecule has 0 spiro atoms. The van der Waals surface area contributed by atoms with Gasteiger partial charge in [0.05, 0.1) is 21.1 Å². The van der Waals surface area contributed by atoms with Crippen molar-refractivity contribution in [2.24, 2.45) is 0 Å². The topological polar surface area (TPSA) is 40.1 Å². The lowest BCUT2D eigenvalue weighted by molar-refractivity contribution is -0.910. The zero-order valence-electron chi connectivity index (χ0n) is 21.8. The molecule has 0 rings (SSSR count). The Kier molecular flexibility index (Phi) is 19.1. The molecule has 0 aliphatic carbocycles.